The number of amides is 2. The van der Waals surface area contributed by atoms with Crippen molar-refractivity contribution in [3.63, 3.8) is 0 Å². The van der Waals surface area contributed by atoms with Crippen LogP contribution >= 0.6 is 0 Å². The summed E-state index contributed by atoms with van der Waals surface area (Å²) in [4.78, 5) is 28.3. The number of nitrogens with zero attached hydrogens (tertiary/aromatic N) is 1. The molecule has 5 heteroatoms. The fourth-order valence-corrected chi connectivity index (χ4v) is 2.63. The van der Waals surface area contributed by atoms with Gasteiger partial charge in [-0.05, 0) is 19.9 Å². The Labute approximate surface area is 101 Å². The third-order valence-corrected chi connectivity index (χ3v) is 3.64. The third-order valence-electron chi connectivity index (χ3n) is 3.64. The van der Waals surface area contributed by atoms with Crippen LogP contribution in [-0.2, 0) is 9.59 Å². The average Bonchev–Trinajstić information content (AvgIpc) is 2.53. The van der Waals surface area contributed by atoms with Gasteiger partial charge in [0.1, 0.15) is 11.3 Å². The second-order valence-corrected chi connectivity index (χ2v) is 4.84. The van der Waals surface area contributed by atoms with Gasteiger partial charge in [-0.1, -0.05) is 25.7 Å². The molecule has 2 amide bonds. The lowest BCUT2D eigenvalue weighted by molar-refractivity contribution is -0.142. The van der Waals surface area contributed by atoms with Gasteiger partial charge in [0.2, 0.25) is 5.91 Å². The summed E-state index contributed by atoms with van der Waals surface area (Å²) < 4.78 is 0. The molecule has 0 bridgehead atoms. The highest BCUT2D eigenvalue weighted by Gasteiger charge is 2.48. The highest BCUT2D eigenvalue weighted by molar-refractivity contribution is 6.19. The van der Waals surface area contributed by atoms with Crippen LogP contribution in [0.3, 0.4) is 0 Å². The molecule has 1 spiro atoms. The van der Waals surface area contributed by atoms with Crippen molar-refractivity contribution in [2.45, 2.75) is 38.5 Å². The van der Waals surface area contributed by atoms with Gasteiger partial charge in [-0.25, -0.2) is 0 Å². The highest BCUT2D eigenvalue weighted by Crippen LogP contribution is 2.37. The van der Waals surface area contributed by atoms with E-state index in [4.69, 9.17) is 0 Å². The number of nitrogens with one attached hydrogen (secondary N) is 2. The number of hydrogen-bond acceptors (Lipinski definition) is 3. The number of likely N-dealkylation sites (N-methyl/N-ethyl adjacent to an activating group) is 1. The Morgan fingerprint density at radius 2 is 1.88 bits per heavy atom. The predicted molar refractivity (Wildman–Crippen MR) is 64.6 cm³/mol. The van der Waals surface area contributed by atoms with E-state index < -0.39 is 5.41 Å². The molecule has 1 saturated carbocycles. The van der Waals surface area contributed by atoms with E-state index in [-0.39, 0.29) is 11.8 Å². The average molecular weight is 237 g/mol. The van der Waals surface area contributed by atoms with Gasteiger partial charge in [0.05, 0.1) is 6.54 Å². The molecule has 1 fully saturated rings. The fraction of sp³-hybridized carbons (Fsp3) is 0.750. The topological polar surface area (TPSA) is 70.6 Å². The summed E-state index contributed by atoms with van der Waals surface area (Å²) in [6, 6.07) is 0. The first-order chi connectivity index (χ1) is 8.19. The molecule has 1 heterocycles. The second-order valence-electron chi connectivity index (χ2n) is 4.84. The van der Waals surface area contributed by atoms with Crippen LogP contribution in [0.4, 0.5) is 0 Å². The van der Waals surface area contributed by atoms with Crippen LogP contribution in [0.5, 0.6) is 0 Å². The minimum atomic E-state index is -0.867. The van der Waals surface area contributed by atoms with Gasteiger partial charge in [0.15, 0.2) is 0 Å². The largest absolute Gasteiger partial charge is 0.313 e. The molecule has 0 aromatic heterocycles. The first kappa shape index (κ1) is 12.2. The Balaban J connectivity index is 2.23. The number of amidine groups is 1. The summed E-state index contributed by atoms with van der Waals surface area (Å²) in [5.74, 6) is 0.0513. The first-order valence-corrected chi connectivity index (χ1v) is 6.27. The summed E-state index contributed by atoms with van der Waals surface area (Å²) in [5, 5.41) is 5.65. The van der Waals surface area contributed by atoms with Crippen molar-refractivity contribution in [1.29, 1.82) is 0 Å². The molecule has 2 aliphatic rings. The monoisotopic (exact) mass is 237 g/mol. The van der Waals surface area contributed by atoms with E-state index in [1.807, 2.05) is 0 Å². The summed E-state index contributed by atoms with van der Waals surface area (Å²) in [5.41, 5.74) is -0.867. The van der Waals surface area contributed by atoms with E-state index in [0.29, 0.717) is 25.2 Å². The number of rotatable bonds is 2. The van der Waals surface area contributed by atoms with Crippen LogP contribution in [0.15, 0.2) is 4.99 Å². The zero-order chi connectivity index (χ0) is 12.3. The van der Waals surface area contributed by atoms with E-state index in [1.165, 1.54) is 0 Å². The maximum atomic E-state index is 12.2. The Hall–Kier alpha value is -1.23. The molecule has 0 unspecified atom stereocenters. The normalized spacial score (nSPS) is 24.2. The van der Waals surface area contributed by atoms with Crippen LogP contribution in [0.25, 0.3) is 0 Å². The standard InChI is InChI=1S/C12H19N3O2/c1-13-8-9-14-10(16)12(11(17)15-9)6-4-2-3-5-7-12/h13H,2-8H2,1H3,(H,14,15,16,17). The second kappa shape index (κ2) is 4.96. The van der Waals surface area contributed by atoms with Crippen LogP contribution in [0.2, 0.25) is 0 Å². The zero-order valence-electron chi connectivity index (χ0n) is 10.2. The summed E-state index contributed by atoms with van der Waals surface area (Å²) in [6.07, 6.45) is 5.39. The fourth-order valence-electron chi connectivity index (χ4n) is 2.63. The summed E-state index contributed by atoms with van der Waals surface area (Å²) in [7, 11) is 1.76. The van der Waals surface area contributed by atoms with Crippen molar-refractivity contribution in [3.05, 3.63) is 0 Å². The van der Waals surface area contributed by atoms with Crippen molar-refractivity contribution in [1.82, 2.24) is 10.6 Å². The quantitative estimate of drug-likeness (QED) is 0.691. The maximum Gasteiger partial charge on any atom is 0.263 e. The molecule has 5 nitrogen and oxygen atoms in total. The minimum absolute atomic E-state index is 0.148. The molecule has 0 atom stereocenters. The Morgan fingerprint density at radius 3 is 2.41 bits per heavy atom. The lowest BCUT2D eigenvalue weighted by Gasteiger charge is -2.31. The molecule has 94 valence electrons. The number of carbonyl (C=O) groups excluding carboxylic acids is 2. The van der Waals surface area contributed by atoms with Gasteiger partial charge in [-0.2, -0.15) is 4.99 Å². The van der Waals surface area contributed by atoms with E-state index in [0.717, 1.165) is 25.7 Å². The van der Waals surface area contributed by atoms with Crippen LogP contribution in [0.1, 0.15) is 38.5 Å². The molecule has 0 radical (unpaired) electrons. The molecule has 2 N–H and O–H groups in total. The smallest absolute Gasteiger partial charge is 0.263 e. The molecule has 2 rings (SSSR count). The predicted octanol–water partition coefficient (Wildman–Crippen LogP) is 0.601. The van der Waals surface area contributed by atoms with Crippen molar-refractivity contribution in [3.8, 4) is 0 Å². The highest BCUT2D eigenvalue weighted by atomic mass is 16.2. The van der Waals surface area contributed by atoms with Gasteiger partial charge in [0, 0.05) is 0 Å². The van der Waals surface area contributed by atoms with Gasteiger partial charge in [-0.15, -0.1) is 0 Å². The third kappa shape index (κ3) is 2.24. The Kier molecular flexibility index (Phi) is 3.57. The maximum absolute atomic E-state index is 12.2. The molecule has 1 aliphatic carbocycles. The first-order valence-electron chi connectivity index (χ1n) is 6.27. The zero-order valence-corrected chi connectivity index (χ0v) is 10.2. The van der Waals surface area contributed by atoms with Gasteiger partial charge >= 0.3 is 0 Å². The van der Waals surface area contributed by atoms with Gasteiger partial charge < -0.3 is 10.6 Å². The number of hydrogen-bond donors (Lipinski definition) is 2. The summed E-state index contributed by atoms with van der Waals surface area (Å²) >= 11 is 0. The van der Waals surface area contributed by atoms with Crippen LogP contribution in [0, 0.1) is 5.41 Å². The lowest BCUT2D eigenvalue weighted by atomic mass is 9.77. The lowest BCUT2D eigenvalue weighted by Crippen LogP contribution is -2.54. The van der Waals surface area contributed by atoms with Crippen LogP contribution in [-0.4, -0.2) is 31.2 Å². The van der Waals surface area contributed by atoms with Crippen molar-refractivity contribution < 1.29 is 9.59 Å². The molecular formula is C12H19N3O2. The van der Waals surface area contributed by atoms with Crippen LogP contribution < -0.4 is 10.6 Å². The van der Waals surface area contributed by atoms with Crippen molar-refractivity contribution in [2.24, 2.45) is 10.4 Å². The number of carbonyl (C=O) groups is 2. The van der Waals surface area contributed by atoms with E-state index in [9.17, 15) is 9.59 Å². The summed E-state index contributed by atoms with van der Waals surface area (Å²) in [6.45, 7) is 0.424. The van der Waals surface area contributed by atoms with E-state index in [1.54, 1.807) is 7.05 Å². The molecule has 0 saturated heterocycles. The number of aliphatic imine (C=N–C) groups is 1. The molecule has 17 heavy (non-hydrogen) atoms. The van der Waals surface area contributed by atoms with Crippen molar-refractivity contribution in [2.75, 3.05) is 13.6 Å². The molecular weight excluding hydrogens is 218 g/mol. The SMILES string of the molecule is CNCC1=NC(=O)C2(CCCCCC2)C(=O)N1. The molecule has 1 aliphatic heterocycles. The van der Waals surface area contributed by atoms with E-state index in [2.05, 4.69) is 15.6 Å². The van der Waals surface area contributed by atoms with Gasteiger partial charge in [-0.3, -0.25) is 9.59 Å². The minimum Gasteiger partial charge on any atom is -0.313 e. The van der Waals surface area contributed by atoms with E-state index >= 15 is 0 Å². The molecule has 0 aromatic rings. The Morgan fingerprint density at radius 1 is 1.24 bits per heavy atom. The molecule has 0 aromatic carbocycles. The van der Waals surface area contributed by atoms with Gasteiger partial charge in [0.25, 0.3) is 5.91 Å². The van der Waals surface area contributed by atoms with Crippen molar-refractivity contribution >= 4 is 17.6 Å². The Bertz CT molecular complexity index is 355.